The van der Waals surface area contributed by atoms with E-state index in [0.717, 1.165) is 18.6 Å². The van der Waals surface area contributed by atoms with Gasteiger partial charge < -0.3 is 15.7 Å². The lowest BCUT2D eigenvalue weighted by Crippen LogP contribution is -2.46. The molecule has 0 saturated carbocycles. The molecule has 0 unspecified atom stereocenters. The van der Waals surface area contributed by atoms with Crippen molar-refractivity contribution >= 4 is 23.8 Å². The molecule has 16 heavy (non-hydrogen) atoms. The molecule has 0 aliphatic carbocycles. The molecular formula is C10H20N2O3S. The zero-order valence-electron chi connectivity index (χ0n) is 9.78. The molecular weight excluding hydrogens is 228 g/mol. The summed E-state index contributed by atoms with van der Waals surface area (Å²) in [5.74, 6) is -0.00135. The summed E-state index contributed by atoms with van der Waals surface area (Å²) in [4.78, 5) is 22.1. The summed E-state index contributed by atoms with van der Waals surface area (Å²) in [6, 6.07) is -1.19. The molecule has 0 spiro atoms. The Labute approximate surface area is 100 Å². The quantitative estimate of drug-likeness (QED) is 0.566. The third-order valence-electron chi connectivity index (χ3n) is 1.99. The van der Waals surface area contributed by atoms with Crippen LogP contribution in [0.2, 0.25) is 0 Å². The van der Waals surface area contributed by atoms with Crippen LogP contribution in [-0.2, 0) is 4.79 Å². The van der Waals surface area contributed by atoms with Gasteiger partial charge in [-0.25, -0.2) is 9.59 Å². The maximum atomic E-state index is 11.3. The molecule has 0 saturated heterocycles. The molecule has 0 aliphatic heterocycles. The predicted molar refractivity (Wildman–Crippen MR) is 65.9 cm³/mol. The highest BCUT2D eigenvalue weighted by molar-refractivity contribution is 7.98. The third kappa shape index (κ3) is 7.39. The van der Waals surface area contributed by atoms with Gasteiger partial charge in [0.2, 0.25) is 0 Å². The Morgan fingerprint density at radius 1 is 1.44 bits per heavy atom. The number of carboxylic acid groups (broad SMARTS) is 1. The fourth-order valence-corrected chi connectivity index (χ4v) is 1.61. The molecule has 6 heteroatoms. The van der Waals surface area contributed by atoms with Gasteiger partial charge in [-0.1, -0.05) is 13.3 Å². The lowest BCUT2D eigenvalue weighted by atomic mass is 10.2. The van der Waals surface area contributed by atoms with E-state index in [9.17, 15) is 9.59 Å². The van der Waals surface area contributed by atoms with E-state index < -0.39 is 18.0 Å². The van der Waals surface area contributed by atoms with Crippen LogP contribution < -0.4 is 10.6 Å². The van der Waals surface area contributed by atoms with E-state index in [2.05, 4.69) is 10.6 Å². The topological polar surface area (TPSA) is 78.4 Å². The Bertz CT molecular complexity index is 224. The maximum Gasteiger partial charge on any atom is 0.326 e. The Hall–Kier alpha value is -0.910. The summed E-state index contributed by atoms with van der Waals surface area (Å²) in [5, 5.41) is 13.9. The van der Waals surface area contributed by atoms with Crippen LogP contribution in [0.3, 0.4) is 0 Å². The van der Waals surface area contributed by atoms with Gasteiger partial charge in [0.25, 0.3) is 0 Å². The van der Waals surface area contributed by atoms with Crippen LogP contribution in [0.5, 0.6) is 0 Å². The average Bonchev–Trinajstić information content (AvgIpc) is 2.23. The van der Waals surface area contributed by atoms with Gasteiger partial charge in [0.15, 0.2) is 0 Å². The van der Waals surface area contributed by atoms with Crippen molar-refractivity contribution in [2.45, 2.75) is 32.2 Å². The largest absolute Gasteiger partial charge is 0.480 e. The Morgan fingerprint density at radius 3 is 2.62 bits per heavy atom. The monoisotopic (exact) mass is 248 g/mol. The summed E-state index contributed by atoms with van der Waals surface area (Å²) in [6.45, 7) is 2.46. The second kappa shape index (κ2) is 9.33. The Kier molecular flexibility index (Phi) is 8.80. The first kappa shape index (κ1) is 15.1. The SMILES string of the molecule is CCC[C@H](NC(=O)NCCCSC)C(=O)O. The third-order valence-corrected chi connectivity index (χ3v) is 2.69. The molecule has 0 heterocycles. The predicted octanol–water partition coefficient (Wildman–Crippen LogP) is 1.29. The summed E-state index contributed by atoms with van der Waals surface area (Å²) in [6.07, 6.45) is 4.07. The molecule has 2 amide bonds. The minimum Gasteiger partial charge on any atom is -0.480 e. The van der Waals surface area contributed by atoms with E-state index in [4.69, 9.17) is 5.11 Å². The minimum absolute atomic E-state index is 0.401. The zero-order chi connectivity index (χ0) is 12.4. The van der Waals surface area contributed by atoms with Crippen LogP contribution in [0.4, 0.5) is 4.79 Å². The number of aliphatic carboxylic acids is 1. The first-order valence-corrected chi connectivity index (χ1v) is 6.77. The van der Waals surface area contributed by atoms with Crippen molar-refractivity contribution in [3.8, 4) is 0 Å². The van der Waals surface area contributed by atoms with Crippen molar-refractivity contribution in [3.05, 3.63) is 0 Å². The van der Waals surface area contributed by atoms with Crippen molar-refractivity contribution in [1.29, 1.82) is 0 Å². The summed E-state index contributed by atoms with van der Waals surface area (Å²) < 4.78 is 0. The van der Waals surface area contributed by atoms with E-state index >= 15 is 0 Å². The molecule has 0 aliphatic rings. The second-order valence-corrected chi connectivity index (χ2v) is 4.41. The van der Waals surface area contributed by atoms with Gasteiger partial charge in [0, 0.05) is 6.54 Å². The van der Waals surface area contributed by atoms with Gasteiger partial charge in [-0.15, -0.1) is 0 Å². The Morgan fingerprint density at radius 2 is 2.12 bits per heavy atom. The van der Waals surface area contributed by atoms with Gasteiger partial charge >= 0.3 is 12.0 Å². The van der Waals surface area contributed by atoms with Crippen LogP contribution in [0.25, 0.3) is 0 Å². The molecule has 5 nitrogen and oxygen atoms in total. The number of amides is 2. The van der Waals surface area contributed by atoms with Crippen LogP contribution in [0, 0.1) is 0 Å². The molecule has 3 N–H and O–H groups in total. The summed E-state index contributed by atoms with van der Waals surface area (Å²) >= 11 is 1.71. The number of nitrogens with one attached hydrogen (secondary N) is 2. The molecule has 0 bridgehead atoms. The minimum atomic E-state index is -0.985. The molecule has 0 aromatic heterocycles. The average molecular weight is 248 g/mol. The van der Waals surface area contributed by atoms with Crippen LogP contribution in [0.15, 0.2) is 0 Å². The fourth-order valence-electron chi connectivity index (χ4n) is 1.17. The number of thioether (sulfide) groups is 1. The molecule has 0 rings (SSSR count). The lowest BCUT2D eigenvalue weighted by molar-refractivity contribution is -0.139. The first-order valence-electron chi connectivity index (χ1n) is 5.38. The van der Waals surface area contributed by atoms with E-state index in [1.54, 1.807) is 11.8 Å². The summed E-state index contributed by atoms with van der Waals surface area (Å²) in [5.41, 5.74) is 0. The van der Waals surface area contributed by atoms with Gasteiger partial charge in [-0.05, 0) is 24.9 Å². The molecule has 0 aromatic rings. The number of carboxylic acids is 1. The summed E-state index contributed by atoms with van der Waals surface area (Å²) in [7, 11) is 0. The van der Waals surface area contributed by atoms with E-state index in [0.29, 0.717) is 13.0 Å². The van der Waals surface area contributed by atoms with Gasteiger partial charge in [0.1, 0.15) is 6.04 Å². The standard InChI is InChI=1S/C10H20N2O3S/c1-3-5-8(9(13)14)12-10(15)11-6-4-7-16-2/h8H,3-7H2,1-2H3,(H,13,14)(H2,11,12,15)/t8-/m0/s1. The zero-order valence-corrected chi connectivity index (χ0v) is 10.6. The van der Waals surface area contributed by atoms with Crippen molar-refractivity contribution in [1.82, 2.24) is 10.6 Å². The molecule has 94 valence electrons. The van der Waals surface area contributed by atoms with E-state index in [1.165, 1.54) is 0 Å². The highest BCUT2D eigenvalue weighted by Gasteiger charge is 2.17. The molecule has 0 radical (unpaired) electrons. The van der Waals surface area contributed by atoms with Crippen LogP contribution in [0.1, 0.15) is 26.2 Å². The lowest BCUT2D eigenvalue weighted by Gasteiger charge is -2.14. The first-order chi connectivity index (χ1) is 7.61. The number of carbonyl (C=O) groups is 2. The fraction of sp³-hybridized carbons (Fsp3) is 0.800. The number of urea groups is 1. The van der Waals surface area contributed by atoms with E-state index in [1.807, 2.05) is 13.2 Å². The van der Waals surface area contributed by atoms with Gasteiger partial charge in [-0.3, -0.25) is 0 Å². The number of carbonyl (C=O) groups excluding carboxylic acids is 1. The highest BCUT2D eigenvalue weighted by Crippen LogP contribution is 1.97. The Balaban J connectivity index is 3.77. The van der Waals surface area contributed by atoms with Crippen molar-refractivity contribution in [2.24, 2.45) is 0 Å². The number of hydrogen-bond acceptors (Lipinski definition) is 3. The van der Waals surface area contributed by atoms with Gasteiger partial charge in [-0.2, -0.15) is 11.8 Å². The van der Waals surface area contributed by atoms with Crippen LogP contribution >= 0.6 is 11.8 Å². The normalized spacial score (nSPS) is 11.9. The van der Waals surface area contributed by atoms with Crippen molar-refractivity contribution in [3.63, 3.8) is 0 Å². The smallest absolute Gasteiger partial charge is 0.326 e. The van der Waals surface area contributed by atoms with Crippen molar-refractivity contribution in [2.75, 3.05) is 18.6 Å². The molecule has 1 atom stereocenters. The maximum absolute atomic E-state index is 11.3. The number of rotatable bonds is 8. The van der Waals surface area contributed by atoms with Crippen LogP contribution in [-0.4, -0.2) is 41.7 Å². The van der Waals surface area contributed by atoms with Gasteiger partial charge in [0.05, 0.1) is 0 Å². The molecule has 0 fully saturated rings. The highest BCUT2D eigenvalue weighted by atomic mass is 32.2. The van der Waals surface area contributed by atoms with Crippen molar-refractivity contribution < 1.29 is 14.7 Å². The second-order valence-electron chi connectivity index (χ2n) is 3.43. The molecule has 0 aromatic carbocycles. The number of hydrogen-bond donors (Lipinski definition) is 3. The van der Waals surface area contributed by atoms with E-state index in [-0.39, 0.29) is 0 Å².